The van der Waals surface area contributed by atoms with E-state index < -0.39 is 0 Å². The predicted octanol–water partition coefficient (Wildman–Crippen LogP) is 12.2. The minimum atomic E-state index is -0.0854. The Balaban J connectivity index is 1.11. The van der Waals surface area contributed by atoms with E-state index in [0.717, 1.165) is 55.7 Å². The SMILES string of the molecule is CC1(C)c2ccccc2-c2ccc(N(c3ccccc3)c3cccc(-c4ccc5ccc6ccc7nn(-c8ccccc8)nc7c6c5c4)c3)cc21. The molecule has 0 saturated heterocycles. The predicted molar refractivity (Wildman–Crippen MR) is 212 cm³/mol. The topological polar surface area (TPSA) is 34.0 Å². The summed E-state index contributed by atoms with van der Waals surface area (Å²) in [5.74, 6) is 0. The minimum absolute atomic E-state index is 0.0854. The summed E-state index contributed by atoms with van der Waals surface area (Å²) >= 11 is 0. The molecule has 9 aromatic rings. The van der Waals surface area contributed by atoms with Crippen molar-refractivity contribution < 1.29 is 0 Å². The van der Waals surface area contributed by atoms with Crippen LogP contribution in [0.4, 0.5) is 17.1 Å². The zero-order valence-electron chi connectivity index (χ0n) is 28.5. The first kappa shape index (κ1) is 29.4. The first-order valence-corrected chi connectivity index (χ1v) is 17.5. The molecule has 4 heteroatoms. The van der Waals surface area contributed by atoms with E-state index in [0.29, 0.717) is 0 Å². The highest BCUT2D eigenvalue weighted by Gasteiger charge is 2.35. The molecular formula is C47H34N4. The van der Waals surface area contributed by atoms with Crippen LogP contribution in [0.1, 0.15) is 25.0 Å². The molecule has 1 heterocycles. The van der Waals surface area contributed by atoms with Crippen molar-refractivity contribution >= 4 is 49.6 Å². The smallest absolute Gasteiger partial charge is 0.122 e. The first-order chi connectivity index (χ1) is 25.0. The van der Waals surface area contributed by atoms with Gasteiger partial charge in [0.2, 0.25) is 0 Å². The summed E-state index contributed by atoms with van der Waals surface area (Å²) in [6.45, 7) is 4.68. The normalized spacial score (nSPS) is 13.1. The molecule has 0 atom stereocenters. The molecule has 51 heavy (non-hydrogen) atoms. The van der Waals surface area contributed by atoms with E-state index in [4.69, 9.17) is 10.2 Å². The van der Waals surface area contributed by atoms with Crippen LogP contribution < -0.4 is 4.90 Å². The van der Waals surface area contributed by atoms with Gasteiger partial charge in [0.1, 0.15) is 11.0 Å². The highest BCUT2D eigenvalue weighted by Crippen LogP contribution is 2.50. The van der Waals surface area contributed by atoms with Gasteiger partial charge in [-0.3, -0.25) is 0 Å². The second-order valence-corrected chi connectivity index (χ2v) is 14.0. The molecule has 1 aliphatic carbocycles. The van der Waals surface area contributed by atoms with Crippen LogP contribution in [0.2, 0.25) is 0 Å². The average molecular weight is 655 g/mol. The van der Waals surface area contributed by atoms with Crippen molar-refractivity contribution in [3.8, 4) is 27.9 Å². The van der Waals surface area contributed by atoms with E-state index in [9.17, 15) is 0 Å². The largest absolute Gasteiger partial charge is 0.310 e. The number of benzene rings is 8. The minimum Gasteiger partial charge on any atom is -0.310 e. The van der Waals surface area contributed by atoms with Crippen molar-refractivity contribution in [2.45, 2.75) is 19.3 Å². The number of aromatic nitrogens is 3. The van der Waals surface area contributed by atoms with Gasteiger partial charge in [-0.05, 0) is 110 Å². The van der Waals surface area contributed by atoms with Gasteiger partial charge in [0.25, 0.3) is 0 Å². The van der Waals surface area contributed by atoms with E-state index in [1.807, 2.05) is 30.3 Å². The molecule has 0 saturated carbocycles. The third-order valence-corrected chi connectivity index (χ3v) is 10.6. The number of hydrogen-bond donors (Lipinski definition) is 0. The molecule has 0 radical (unpaired) electrons. The number of nitrogens with zero attached hydrogens (tertiary/aromatic N) is 4. The summed E-state index contributed by atoms with van der Waals surface area (Å²) in [5.41, 5.74) is 13.7. The molecule has 4 nitrogen and oxygen atoms in total. The monoisotopic (exact) mass is 654 g/mol. The maximum absolute atomic E-state index is 5.02. The lowest BCUT2D eigenvalue weighted by Crippen LogP contribution is -2.16. The highest BCUT2D eigenvalue weighted by molar-refractivity contribution is 6.19. The van der Waals surface area contributed by atoms with E-state index in [2.05, 4.69) is 158 Å². The number of fused-ring (bicyclic) bond motifs is 8. The van der Waals surface area contributed by atoms with Crippen LogP contribution in [-0.2, 0) is 5.41 Å². The van der Waals surface area contributed by atoms with E-state index in [1.165, 1.54) is 33.0 Å². The van der Waals surface area contributed by atoms with Gasteiger partial charge in [-0.2, -0.15) is 4.80 Å². The lowest BCUT2D eigenvalue weighted by Gasteiger charge is -2.28. The molecule has 0 amide bonds. The maximum Gasteiger partial charge on any atom is 0.122 e. The Kier molecular flexibility index (Phi) is 6.49. The van der Waals surface area contributed by atoms with Crippen molar-refractivity contribution in [1.29, 1.82) is 0 Å². The van der Waals surface area contributed by atoms with Gasteiger partial charge >= 0.3 is 0 Å². The Morgan fingerprint density at radius 2 is 1.16 bits per heavy atom. The fourth-order valence-corrected chi connectivity index (χ4v) is 8.05. The van der Waals surface area contributed by atoms with E-state index in [1.54, 1.807) is 4.80 Å². The van der Waals surface area contributed by atoms with Crippen LogP contribution in [0, 0.1) is 0 Å². The van der Waals surface area contributed by atoms with Crippen LogP contribution in [0.15, 0.2) is 170 Å². The summed E-state index contributed by atoms with van der Waals surface area (Å²) in [6, 6.07) is 60.9. The summed E-state index contributed by atoms with van der Waals surface area (Å²) in [6.07, 6.45) is 0. The van der Waals surface area contributed by atoms with Crippen molar-refractivity contribution in [3.05, 3.63) is 181 Å². The van der Waals surface area contributed by atoms with Crippen LogP contribution >= 0.6 is 0 Å². The molecule has 0 unspecified atom stereocenters. The summed E-state index contributed by atoms with van der Waals surface area (Å²) in [5, 5.41) is 14.5. The first-order valence-electron chi connectivity index (χ1n) is 17.5. The van der Waals surface area contributed by atoms with Crippen molar-refractivity contribution in [2.75, 3.05) is 4.90 Å². The lowest BCUT2D eigenvalue weighted by molar-refractivity contribution is 0.660. The maximum atomic E-state index is 5.02. The lowest BCUT2D eigenvalue weighted by atomic mass is 9.82. The van der Waals surface area contributed by atoms with Gasteiger partial charge in [-0.25, -0.2) is 0 Å². The molecule has 10 rings (SSSR count). The second kappa shape index (κ2) is 11.3. The Labute approximate surface area is 296 Å². The summed E-state index contributed by atoms with van der Waals surface area (Å²) in [4.78, 5) is 4.12. The summed E-state index contributed by atoms with van der Waals surface area (Å²) < 4.78 is 0. The number of para-hydroxylation sites is 2. The molecular weight excluding hydrogens is 621 g/mol. The Morgan fingerprint density at radius 1 is 0.490 bits per heavy atom. The highest BCUT2D eigenvalue weighted by atomic mass is 15.5. The molecule has 1 aliphatic rings. The summed E-state index contributed by atoms with van der Waals surface area (Å²) in [7, 11) is 0. The zero-order chi connectivity index (χ0) is 34.1. The van der Waals surface area contributed by atoms with Gasteiger partial charge in [-0.15, -0.1) is 10.2 Å². The Hall–Kier alpha value is -6.52. The average Bonchev–Trinajstić information content (AvgIpc) is 3.72. The van der Waals surface area contributed by atoms with E-state index >= 15 is 0 Å². The Bertz CT molecular complexity index is 2780. The second-order valence-electron chi connectivity index (χ2n) is 14.0. The van der Waals surface area contributed by atoms with Gasteiger partial charge in [0.05, 0.1) is 5.69 Å². The number of anilines is 3. The Morgan fingerprint density at radius 3 is 2.02 bits per heavy atom. The molecule has 242 valence electrons. The quantitative estimate of drug-likeness (QED) is 0.173. The zero-order valence-corrected chi connectivity index (χ0v) is 28.5. The van der Waals surface area contributed by atoms with Gasteiger partial charge < -0.3 is 4.90 Å². The van der Waals surface area contributed by atoms with Crippen LogP contribution in [0.3, 0.4) is 0 Å². The molecule has 1 aromatic heterocycles. The molecule has 0 aliphatic heterocycles. The third kappa shape index (κ3) is 4.68. The fourth-order valence-electron chi connectivity index (χ4n) is 8.05. The van der Waals surface area contributed by atoms with Crippen molar-refractivity contribution in [1.82, 2.24) is 15.0 Å². The molecule has 0 fully saturated rings. The van der Waals surface area contributed by atoms with Gasteiger partial charge in [-0.1, -0.05) is 123 Å². The molecule has 0 N–H and O–H groups in total. The standard InChI is InChI=1S/C47H34N4/c1-47(2)42-19-10-9-18-39(42)40-26-25-38(30-43(40)47)50(35-13-5-3-6-14-35)37-17-11-12-33(28-37)34-23-21-31-20-22-32-24-27-44-46(45(32)41(31)29-34)49-51(48-44)36-15-7-4-8-16-36/h3-30H,1-2H3. The van der Waals surface area contributed by atoms with Crippen molar-refractivity contribution in [2.24, 2.45) is 0 Å². The van der Waals surface area contributed by atoms with Gasteiger partial charge in [0, 0.05) is 27.9 Å². The number of rotatable bonds is 5. The number of hydrogen-bond acceptors (Lipinski definition) is 3. The molecule has 8 aromatic carbocycles. The molecule has 0 spiro atoms. The van der Waals surface area contributed by atoms with Gasteiger partial charge in [0.15, 0.2) is 0 Å². The van der Waals surface area contributed by atoms with E-state index in [-0.39, 0.29) is 5.41 Å². The van der Waals surface area contributed by atoms with Crippen molar-refractivity contribution in [3.63, 3.8) is 0 Å². The fraction of sp³-hybridized carbons (Fsp3) is 0.0638. The van der Waals surface area contributed by atoms with Crippen LogP contribution in [0.5, 0.6) is 0 Å². The molecule has 0 bridgehead atoms. The third-order valence-electron chi connectivity index (χ3n) is 10.6. The van der Waals surface area contributed by atoms with Crippen LogP contribution in [0.25, 0.3) is 60.5 Å². The van der Waals surface area contributed by atoms with Crippen LogP contribution in [-0.4, -0.2) is 15.0 Å².